The maximum absolute atomic E-state index is 13.2. The summed E-state index contributed by atoms with van der Waals surface area (Å²) in [5.74, 6) is -0.342. The van der Waals surface area contributed by atoms with E-state index in [0.29, 0.717) is 55.1 Å². The molecular formula is C30H33N9O3. The molecule has 12 heteroatoms. The topological polar surface area (TPSA) is 197 Å². The number of nitrogens with one attached hydrogen (secondary N) is 2. The first-order valence-corrected chi connectivity index (χ1v) is 14.3. The van der Waals surface area contributed by atoms with Crippen LogP contribution in [0.3, 0.4) is 0 Å². The van der Waals surface area contributed by atoms with E-state index >= 15 is 0 Å². The predicted molar refractivity (Wildman–Crippen MR) is 151 cm³/mol. The molecule has 3 aromatic rings. The Hall–Kier alpha value is -4.63. The number of nitrogens with zero attached hydrogens (tertiary/aromatic N) is 5. The molecule has 42 heavy (non-hydrogen) atoms. The second-order valence-corrected chi connectivity index (χ2v) is 11.5. The summed E-state index contributed by atoms with van der Waals surface area (Å²) in [6.07, 6.45) is 5.23. The molecule has 1 saturated carbocycles. The number of rotatable bonds is 9. The molecule has 1 aliphatic heterocycles. The fraction of sp³-hybridized carbons (Fsp3) is 0.433. The fourth-order valence-electron chi connectivity index (χ4n) is 6.80. The number of aryl methyl sites for hydroxylation is 2. The first-order valence-electron chi connectivity index (χ1n) is 14.3. The molecule has 2 aromatic carbocycles. The van der Waals surface area contributed by atoms with Gasteiger partial charge in [0.15, 0.2) is 5.82 Å². The highest BCUT2D eigenvalue weighted by Gasteiger charge is 2.48. The van der Waals surface area contributed by atoms with Gasteiger partial charge in [0.1, 0.15) is 6.04 Å². The number of tetrazole rings is 1. The number of primary amides is 2. The van der Waals surface area contributed by atoms with Crippen molar-refractivity contribution in [2.45, 2.75) is 62.4 Å². The zero-order valence-corrected chi connectivity index (χ0v) is 23.2. The molecule has 2 aliphatic carbocycles. The Bertz CT molecular complexity index is 1510. The van der Waals surface area contributed by atoms with E-state index < -0.39 is 17.2 Å². The summed E-state index contributed by atoms with van der Waals surface area (Å²) in [7, 11) is 0. The van der Waals surface area contributed by atoms with Crippen molar-refractivity contribution in [3.8, 4) is 6.07 Å². The van der Waals surface area contributed by atoms with E-state index in [1.54, 1.807) is 17.0 Å². The molecule has 2 atom stereocenters. The minimum Gasteiger partial charge on any atom is -0.366 e. The van der Waals surface area contributed by atoms with Gasteiger partial charge in [0, 0.05) is 23.7 Å². The number of carbonyl (C=O) groups is 3. The molecule has 1 aromatic heterocycles. The molecule has 12 nitrogen and oxygen atoms in total. The Balaban J connectivity index is 1.46. The smallest absolute Gasteiger partial charge is 0.248 e. The minimum atomic E-state index is -0.924. The lowest BCUT2D eigenvalue weighted by atomic mass is 9.67. The van der Waals surface area contributed by atoms with E-state index in [-0.39, 0.29) is 24.5 Å². The third kappa shape index (κ3) is 4.90. The minimum absolute atomic E-state index is 0.0859. The van der Waals surface area contributed by atoms with E-state index in [4.69, 9.17) is 11.5 Å². The molecule has 0 radical (unpaired) electrons. The van der Waals surface area contributed by atoms with Gasteiger partial charge in [-0.3, -0.25) is 14.4 Å². The third-order valence-corrected chi connectivity index (χ3v) is 9.04. The molecule has 2 fully saturated rings. The van der Waals surface area contributed by atoms with Crippen LogP contribution in [0.2, 0.25) is 0 Å². The van der Waals surface area contributed by atoms with Gasteiger partial charge in [-0.25, -0.2) is 0 Å². The molecular weight excluding hydrogens is 534 g/mol. The van der Waals surface area contributed by atoms with Crippen molar-refractivity contribution in [2.75, 3.05) is 13.1 Å². The number of benzene rings is 2. The maximum atomic E-state index is 13.2. The molecule has 6 N–H and O–H groups in total. The van der Waals surface area contributed by atoms with Crippen LogP contribution in [-0.4, -0.2) is 68.4 Å². The summed E-state index contributed by atoms with van der Waals surface area (Å²) in [5.41, 5.74) is 14.9. The Morgan fingerprint density at radius 3 is 2.21 bits per heavy atom. The second kappa shape index (κ2) is 11.0. The quantitative estimate of drug-likeness (QED) is 0.295. The predicted octanol–water partition coefficient (Wildman–Crippen LogP) is 1.10. The molecule has 216 valence electrons. The highest BCUT2D eigenvalue weighted by molar-refractivity contribution is 5.94. The van der Waals surface area contributed by atoms with Crippen LogP contribution >= 0.6 is 0 Å². The van der Waals surface area contributed by atoms with Crippen LogP contribution in [0.1, 0.15) is 80.9 Å². The van der Waals surface area contributed by atoms with Crippen LogP contribution in [0.15, 0.2) is 36.4 Å². The van der Waals surface area contributed by atoms with Crippen LogP contribution in [0, 0.1) is 17.2 Å². The van der Waals surface area contributed by atoms with Crippen molar-refractivity contribution in [2.24, 2.45) is 17.4 Å². The molecule has 3 amide bonds. The summed E-state index contributed by atoms with van der Waals surface area (Å²) in [4.78, 5) is 39.2. The number of carbonyl (C=O) groups excluding carboxylic acids is 3. The van der Waals surface area contributed by atoms with Crippen LogP contribution < -0.4 is 16.8 Å². The van der Waals surface area contributed by atoms with Crippen molar-refractivity contribution >= 4 is 17.7 Å². The first-order chi connectivity index (χ1) is 20.3. The van der Waals surface area contributed by atoms with Gasteiger partial charge < -0.3 is 21.7 Å². The summed E-state index contributed by atoms with van der Waals surface area (Å²) in [5, 5.41) is 28.6. The number of aromatic amines is 1. The number of likely N-dealkylation sites (tertiary alicyclic amines) is 1. The number of H-pyrrole nitrogens is 1. The van der Waals surface area contributed by atoms with E-state index in [9.17, 15) is 19.6 Å². The lowest BCUT2D eigenvalue weighted by molar-refractivity contribution is -0.130. The number of aromatic nitrogens is 4. The van der Waals surface area contributed by atoms with E-state index in [1.807, 2.05) is 24.3 Å². The number of amides is 3. The van der Waals surface area contributed by atoms with E-state index in [0.717, 1.165) is 41.5 Å². The standard InChI is InChI=1S/C30H33N9O3/c31-15-22-2-1-11-39(22)26(40)16-34-25(17-3-4-17)14-30(29-35-37-38-36-29)23-9-7-20(27(32)41)12-18(23)5-6-19-13-21(28(33)42)8-10-24(19)30/h7-10,12-13,17,22,25,34H,1-6,11,14,16H2,(H2,32,41)(H2,33,42)(H,35,36,37,38)/t22?,25-/m0/s1. The Morgan fingerprint density at radius 1 is 1.05 bits per heavy atom. The molecule has 2 heterocycles. The van der Waals surface area contributed by atoms with Gasteiger partial charge >= 0.3 is 0 Å². The normalized spacial score (nSPS) is 19.7. The van der Waals surface area contributed by atoms with Gasteiger partial charge in [-0.05, 0) is 97.4 Å². The Morgan fingerprint density at radius 2 is 1.69 bits per heavy atom. The molecule has 0 spiro atoms. The summed E-state index contributed by atoms with van der Waals surface area (Å²) >= 11 is 0. The van der Waals surface area contributed by atoms with Crippen LogP contribution in [0.5, 0.6) is 0 Å². The first kappa shape index (κ1) is 27.5. The van der Waals surface area contributed by atoms with Crippen molar-refractivity contribution < 1.29 is 14.4 Å². The van der Waals surface area contributed by atoms with Crippen molar-refractivity contribution in [3.05, 3.63) is 75.6 Å². The highest BCUT2D eigenvalue weighted by Crippen LogP contribution is 2.49. The number of fused-ring (bicyclic) bond motifs is 2. The van der Waals surface area contributed by atoms with Gasteiger partial charge in [-0.1, -0.05) is 17.3 Å². The maximum Gasteiger partial charge on any atom is 0.248 e. The Labute approximate surface area is 242 Å². The second-order valence-electron chi connectivity index (χ2n) is 11.5. The van der Waals surface area contributed by atoms with E-state index in [1.165, 1.54) is 0 Å². The molecule has 0 bridgehead atoms. The van der Waals surface area contributed by atoms with Gasteiger partial charge in [0.2, 0.25) is 17.7 Å². The zero-order valence-electron chi connectivity index (χ0n) is 23.2. The van der Waals surface area contributed by atoms with Gasteiger partial charge in [-0.15, -0.1) is 10.2 Å². The molecule has 6 rings (SSSR count). The van der Waals surface area contributed by atoms with Crippen molar-refractivity contribution in [1.29, 1.82) is 5.26 Å². The van der Waals surface area contributed by atoms with Crippen molar-refractivity contribution in [3.63, 3.8) is 0 Å². The average Bonchev–Trinajstić information content (AvgIpc) is 3.50. The van der Waals surface area contributed by atoms with Crippen LogP contribution in [-0.2, 0) is 23.1 Å². The SMILES string of the molecule is N#CC1CCCN1C(=O)CN[C@@H](CC1(c2nn[nH]n2)c2ccc(C(N)=O)cc2CCc2cc(C(N)=O)ccc21)C1CC1. The number of hydrogen-bond donors (Lipinski definition) is 4. The van der Waals surface area contributed by atoms with Crippen molar-refractivity contribution in [1.82, 2.24) is 30.8 Å². The van der Waals surface area contributed by atoms with Gasteiger partial charge in [0.05, 0.1) is 18.0 Å². The van der Waals surface area contributed by atoms with Crippen LogP contribution in [0.25, 0.3) is 0 Å². The summed E-state index contributed by atoms with van der Waals surface area (Å²) < 4.78 is 0. The zero-order chi connectivity index (χ0) is 29.4. The molecule has 3 aliphatic rings. The fourth-order valence-corrected chi connectivity index (χ4v) is 6.80. The number of nitriles is 1. The molecule has 1 unspecified atom stereocenters. The lowest BCUT2D eigenvalue weighted by Crippen LogP contribution is -2.47. The monoisotopic (exact) mass is 567 g/mol. The number of nitrogens with two attached hydrogens (primary N) is 2. The average molecular weight is 568 g/mol. The highest BCUT2D eigenvalue weighted by atomic mass is 16.2. The van der Waals surface area contributed by atoms with E-state index in [2.05, 4.69) is 32.0 Å². The van der Waals surface area contributed by atoms with Crippen LogP contribution in [0.4, 0.5) is 0 Å². The molecule has 1 saturated heterocycles. The third-order valence-electron chi connectivity index (χ3n) is 9.04. The van der Waals surface area contributed by atoms with Gasteiger partial charge in [-0.2, -0.15) is 10.5 Å². The summed E-state index contributed by atoms with van der Waals surface area (Å²) in [6.45, 7) is 0.702. The Kier molecular flexibility index (Phi) is 7.20. The number of hydrogen-bond acceptors (Lipinski definition) is 8. The lowest BCUT2D eigenvalue weighted by Gasteiger charge is -2.37. The van der Waals surface area contributed by atoms with Gasteiger partial charge in [0.25, 0.3) is 0 Å². The summed E-state index contributed by atoms with van der Waals surface area (Å²) in [6, 6.07) is 12.7. The largest absolute Gasteiger partial charge is 0.366 e.